The van der Waals surface area contributed by atoms with Crippen LogP contribution in [0.1, 0.15) is 38.5 Å². The summed E-state index contributed by atoms with van der Waals surface area (Å²) in [6.45, 7) is 7.43. The molecule has 1 unspecified atom stereocenters. The molecule has 0 bridgehead atoms. The van der Waals surface area contributed by atoms with Gasteiger partial charge in [0, 0.05) is 23.7 Å². The van der Waals surface area contributed by atoms with E-state index >= 15 is 0 Å². The molecule has 118 valence electrons. The molecule has 6 heteroatoms. The Balaban J connectivity index is 1.92. The Morgan fingerprint density at radius 3 is 2.90 bits per heavy atom. The molecule has 0 aromatic carbocycles. The molecule has 2 aliphatic heterocycles. The molecule has 0 aromatic heterocycles. The number of carbonyl (C=O) groups is 1. The Kier molecular flexibility index (Phi) is 6.26. The molecule has 0 spiro atoms. The van der Waals surface area contributed by atoms with E-state index in [1.807, 2.05) is 0 Å². The molecule has 0 radical (unpaired) electrons. The number of fused-ring (bicyclic) bond motifs is 1. The van der Waals surface area contributed by atoms with Gasteiger partial charge in [-0.25, -0.2) is 6.57 Å². The first kappa shape index (κ1) is 17.0. The van der Waals surface area contributed by atoms with Crippen LogP contribution >= 0.6 is 22.6 Å². The molecule has 2 rings (SSSR count). The Bertz CT molecular complexity index is 411. The number of rotatable bonds is 6. The fourth-order valence-corrected chi connectivity index (χ4v) is 4.22. The molecule has 0 saturated carbocycles. The minimum absolute atomic E-state index is 0.0727. The summed E-state index contributed by atoms with van der Waals surface area (Å²) in [5, 5.41) is 0. The van der Waals surface area contributed by atoms with Gasteiger partial charge < -0.3 is 19.1 Å². The summed E-state index contributed by atoms with van der Waals surface area (Å²) in [5.41, 5.74) is -0.230. The molecule has 0 aliphatic carbocycles. The van der Waals surface area contributed by atoms with Crippen molar-refractivity contribution < 1.29 is 19.0 Å². The van der Waals surface area contributed by atoms with Gasteiger partial charge in [-0.2, -0.15) is 0 Å². The number of hydrogen-bond donors (Lipinski definition) is 0. The van der Waals surface area contributed by atoms with Crippen LogP contribution in [-0.4, -0.2) is 48.0 Å². The molecule has 4 atom stereocenters. The van der Waals surface area contributed by atoms with Crippen LogP contribution in [0.25, 0.3) is 4.85 Å². The fourth-order valence-electron chi connectivity index (χ4n) is 3.24. The van der Waals surface area contributed by atoms with E-state index in [9.17, 15) is 4.79 Å². The molecular formula is C15H22INO4. The molecule has 2 heterocycles. The van der Waals surface area contributed by atoms with Gasteiger partial charge in [0.25, 0.3) is 0 Å². The fraction of sp³-hybridized carbons (Fsp3) is 0.867. The molecular weight excluding hydrogens is 385 g/mol. The SMILES string of the molecule is [C-]#[N+]CC[C@H]1CC[C@@H]2O[C@@H](CCC(=O)OC)CC2(CI)O1. The highest BCUT2D eigenvalue weighted by atomic mass is 127. The van der Waals surface area contributed by atoms with E-state index in [-0.39, 0.29) is 29.9 Å². The third kappa shape index (κ3) is 4.08. The summed E-state index contributed by atoms with van der Waals surface area (Å²) in [7, 11) is 1.41. The average Bonchev–Trinajstić information content (AvgIpc) is 2.88. The van der Waals surface area contributed by atoms with E-state index in [1.54, 1.807) is 0 Å². The first-order valence-electron chi connectivity index (χ1n) is 7.43. The van der Waals surface area contributed by atoms with Crippen molar-refractivity contribution in [1.82, 2.24) is 0 Å². The van der Waals surface area contributed by atoms with Crippen molar-refractivity contribution in [1.29, 1.82) is 0 Å². The van der Waals surface area contributed by atoms with E-state index in [0.717, 1.165) is 30.1 Å². The van der Waals surface area contributed by atoms with Crippen molar-refractivity contribution in [3.8, 4) is 0 Å². The number of esters is 1. The van der Waals surface area contributed by atoms with Gasteiger partial charge in [-0.3, -0.25) is 4.79 Å². The van der Waals surface area contributed by atoms with Crippen molar-refractivity contribution in [3.63, 3.8) is 0 Å². The first-order valence-corrected chi connectivity index (χ1v) is 8.95. The zero-order valence-electron chi connectivity index (χ0n) is 12.3. The van der Waals surface area contributed by atoms with Crippen molar-refractivity contribution in [3.05, 3.63) is 11.4 Å². The molecule has 2 saturated heterocycles. The predicted molar refractivity (Wildman–Crippen MR) is 86.3 cm³/mol. The molecule has 2 aliphatic rings. The summed E-state index contributed by atoms with van der Waals surface area (Å²) in [6, 6.07) is 0. The second kappa shape index (κ2) is 7.75. The van der Waals surface area contributed by atoms with Gasteiger partial charge in [-0.05, 0) is 19.3 Å². The van der Waals surface area contributed by atoms with Crippen molar-refractivity contribution in [2.75, 3.05) is 18.1 Å². The summed E-state index contributed by atoms with van der Waals surface area (Å²) in [4.78, 5) is 14.7. The number of halogens is 1. The van der Waals surface area contributed by atoms with Crippen molar-refractivity contribution >= 4 is 28.6 Å². The predicted octanol–water partition coefficient (Wildman–Crippen LogP) is 2.76. The lowest BCUT2D eigenvalue weighted by molar-refractivity contribution is -0.152. The minimum atomic E-state index is -0.230. The quantitative estimate of drug-likeness (QED) is 0.294. The third-order valence-corrected chi connectivity index (χ3v) is 5.65. The van der Waals surface area contributed by atoms with E-state index in [1.165, 1.54) is 7.11 Å². The zero-order chi connectivity index (χ0) is 15.3. The van der Waals surface area contributed by atoms with E-state index < -0.39 is 0 Å². The minimum Gasteiger partial charge on any atom is -0.469 e. The van der Waals surface area contributed by atoms with Crippen LogP contribution in [0.2, 0.25) is 0 Å². The number of nitrogens with zero attached hydrogens (tertiary/aromatic N) is 1. The van der Waals surface area contributed by atoms with Crippen LogP contribution in [0.15, 0.2) is 0 Å². The third-order valence-electron chi connectivity index (χ3n) is 4.36. The van der Waals surface area contributed by atoms with E-state index in [0.29, 0.717) is 19.4 Å². The van der Waals surface area contributed by atoms with Crippen LogP contribution in [0.3, 0.4) is 0 Å². The molecule has 5 nitrogen and oxygen atoms in total. The smallest absolute Gasteiger partial charge is 0.305 e. The number of methoxy groups -OCH3 is 1. The van der Waals surface area contributed by atoms with Gasteiger partial charge in [-0.15, -0.1) is 0 Å². The zero-order valence-corrected chi connectivity index (χ0v) is 14.5. The Morgan fingerprint density at radius 1 is 1.43 bits per heavy atom. The summed E-state index contributed by atoms with van der Waals surface area (Å²) in [5.74, 6) is -0.187. The Morgan fingerprint density at radius 2 is 2.24 bits per heavy atom. The van der Waals surface area contributed by atoms with Crippen LogP contribution in [0.4, 0.5) is 0 Å². The monoisotopic (exact) mass is 407 g/mol. The van der Waals surface area contributed by atoms with Gasteiger partial charge in [0.1, 0.15) is 5.60 Å². The second-order valence-corrected chi connectivity index (χ2v) is 6.51. The maximum Gasteiger partial charge on any atom is 0.305 e. The Hall–Kier alpha value is -0.390. The van der Waals surface area contributed by atoms with Gasteiger partial charge in [-0.1, -0.05) is 22.6 Å². The maximum absolute atomic E-state index is 11.3. The molecule has 0 aromatic rings. The highest BCUT2D eigenvalue weighted by Gasteiger charge is 2.52. The second-order valence-electron chi connectivity index (χ2n) is 5.75. The normalized spacial score (nSPS) is 35.0. The lowest BCUT2D eigenvalue weighted by Crippen LogP contribution is -2.49. The van der Waals surface area contributed by atoms with Crippen LogP contribution in [0.5, 0.6) is 0 Å². The molecule has 0 amide bonds. The maximum atomic E-state index is 11.3. The summed E-state index contributed by atoms with van der Waals surface area (Å²) < 4.78 is 18.0. The largest absolute Gasteiger partial charge is 0.469 e. The summed E-state index contributed by atoms with van der Waals surface area (Å²) in [6.07, 6.45) is 5.05. The number of hydrogen-bond acceptors (Lipinski definition) is 4. The highest BCUT2D eigenvalue weighted by Crippen LogP contribution is 2.44. The number of carbonyl (C=O) groups excluding carboxylic acids is 1. The Labute approximate surface area is 139 Å². The molecule has 0 N–H and O–H groups in total. The topological polar surface area (TPSA) is 49.1 Å². The van der Waals surface area contributed by atoms with Crippen LogP contribution < -0.4 is 0 Å². The lowest BCUT2D eigenvalue weighted by atomic mass is 9.87. The van der Waals surface area contributed by atoms with Gasteiger partial charge in [0.2, 0.25) is 6.54 Å². The molecule has 21 heavy (non-hydrogen) atoms. The van der Waals surface area contributed by atoms with Gasteiger partial charge in [0.05, 0.1) is 25.4 Å². The van der Waals surface area contributed by atoms with Crippen LogP contribution in [-0.2, 0) is 19.0 Å². The van der Waals surface area contributed by atoms with Crippen molar-refractivity contribution in [2.24, 2.45) is 0 Å². The summed E-state index contributed by atoms with van der Waals surface area (Å²) >= 11 is 2.36. The number of alkyl halides is 1. The van der Waals surface area contributed by atoms with E-state index in [2.05, 4.69) is 32.2 Å². The van der Waals surface area contributed by atoms with Crippen molar-refractivity contribution in [2.45, 2.75) is 62.4 Å². The first-order chi connectivity index (χ1) is 10.1. The van der Waals surface area contributed by atoms with Gasteiger partial charge >= 0.3 is 5.97 Å². The average molecular weight is 407 g/mol. The van der Waals surface area contributed by atoms with Crippen LogP contribution in [0, 0.1) is 6.57 Å². The highest BCUT2D eigenvalue weighted by molar-refractivity contribution is 14.1. The van der Waals surface area contributed by atoms with E-state index in [4.69, 9.17) is 16.0 Å². The van der Waals surface area contributed by atoms with Gasteiger partial charge in [0.15, 0.2) is 0 Å². The number of ether oxygens (including phenoxy) is 3. The standard InChI is InChI=1S/C15H22INO4/c1-17-8-7-11-3-5-13-15(10-16,21-11)9-12(20-13)4-6-14(18)19-2/h11-13H,3-10H2,2H3/t11-,12+,13+,15?/m1/s1. The molecule has 2 fully saturated rings. The lowest BCUT2D eigenvalue weighted by Gasteiger charge is -2.40.